The highest BCUT2D eigenvalue weighted by Crippen LogP contribution is 2.25. The summed E-state index contributed by atoms with van der Waals surface area (Å²) in [5.41, 5.74) is 3.06. The molecule has 6 heteroatoms. The quantitative estimate of drug-likeness (QED) is 0.638. The summed E-state index contributed by atoms with van der Waals surface area (Å²) in [6.07, 6.45) is 3.20. The van der Waals surface area contributed by atoms with Crippen molar-refractivity contribution in [1.82, 2.24) is 4.90 Å². The van der Waals surface area contributed by atoms with Crippen molar-refractivity contribution >= 4 is 11.7 Å². The van der Waals surface area contributed by atoms with Crippen molar-refractivity contribution in [3.05, 3.63) is 59.7 Å². The molecule has 1 saturated heterocycles. The van der Waals surface area contributed by atoms with Gasteiger partial charge in [-0.05, 0) is 62.2 Å². The summed E-state index contributed by atoms with van der Waals surface area (Å²) >= 11 is 0. The van der Waals surface area contributed by atoms with E-state index in [9.17, 15) is 9.90 Å². The Labute approximate surface area is 179 Å². The van der Waals surface area contributed by atoms with Crippen LogP contribution in [0.15, 0.2) is 48.5 Å². The number of hydrogen-bond acceptors (Lipinski definition) is 6. The zero-order valence-electron chi connectivity index (χ0n) is 17.9. The van der Waals surface area contributed by atoms with Crippen LogP contribution in [0.4, 0.5) is 5.69 Å². The van der Waals surface area contributed by atoms with Gasteiger partial charge in [-0.15, -0.1) is 0 Å². The van der Waals surface area contributed by atoms with Gasteiger partial charge in [-0.25, -0.2) is 4.79 Å². The number of hydrogen-bond donors (Lipinski definition) is 1. The van der Waals surface area contributed by atoms with Crippen molar-refractivity contribution in [3.8, 4) is 5.75 Å². The third kappa shape index (κ3) is 6.21. The molecule has 1 fully saturated rings. The second-order valence-electron chi connectivity index (χ2n) is 7.85. The molecule has 1 N–H and O–H groups in total. The van der Waals surface area contributed by atoms with Crippen molar-refractivity contribution in [3.63, 3.8) is 0 Å². The van der Waals surface area contributed by atoms with E-state index in [0.717, 1.165) is 19.6 Å². The average molecular weight is 413 g/mol. The van der Waals surface area contributed by atoms with Gasteiger partial charge in [0.05, 0.1) is 12.7 Å². The monoisotopic (exact) mass is 412 g/mol. The number of carbonyl (C=O) groups excluding carboxylic acids is 1. The van der Waals surface area contributed by atoms with Crippen LogP contribution in [0, 0.1) is 0 Å². The van der Waals surface area contributed by atoms with Gasteiger partial charge < -0.3 is 19.5 Å². The summed E-state index contributed by atoms with van der Waals surface area (Å²) in [7, 11) is 3.37. The lowest BCUT2D eigenvalue weighted by Gasteiger charge is -2.31. The van der Waals surface area contributed by atoms with Crippen LogP contribution >= 0.6 is 0 Å². The molecule has 6 nitrogen and oxygen atoms in total. The number of aliphatic hydroxyl groups excluding tert-OH is 1. The van der Waals surface area contributed by atoms with E-state index in [2.05, 4.69) is 38.8 Å². The Balaban J connectivity index is 1.49. The molecule has 1 aliphatic rings. The lowest BCUT2D eigenvalue weighted by Crippen LogP contribution is -2.34. The first-order chi connectivity index (χ1) is 14.6. The van der Waals surface area contributed by atoms with Crippen molar-refractivity contribution in [2.75, 3.05) is 45.3 Å². The Morgan fingerprint density at radius 3 is 2.50 bits per heavy atom. The van der Waals surface area contributed by atoms with Crippen molar-refractivity contribution in [2.45, 2.75) is 31.9 Å². The zero-order valence-corrected chi connectivity index (χ0v) is 17.9. The molecule has 0 aliphatic carbocycles. The summed E-state index contributed by atoms with van der Waals surface area (Å²) in [5, 5.41) is 10.4. The first kappa shape index (κ1) is 22.1. The predicted molar refractivity (Wildman–Crippen MR) is 118 cm³/mol. The number of nitrogens with zero attached hydrogens (tertiary/aromatic N) is 2. The second-order valence-corrected chi connectivity index (χ2v) is 7.85. The lowest BCUT2D eigenvalue weighted by atomic mass is 10.1. The Morgan fingerprint density at radius 1 is 1.10 bits per heavy atom. The van der Waals surface area contributed by atoms with Crippen LogP contribution < -0.4 is 9.64 Å². The van der Waals surface area contributed by atoms with E-state index in [1.807, 2.05) is 7.05 Å². The van der Waals surface area contributed by atoms with E-state index in [1.54, 1.807) is 24.3 Å². The van der Waals surface area contributed by atoms with E-state index >= 15 is 0 Å². The number of piperidine rings is 1. The number of anilines is 1. The van der Waals surface area contributed by atoms with Gasteiger partial charge in [0, 0.05) is 31.9 Å². The summed E-state index contributed by atoms with van der Waals surface area (Å²) in [6.45, 7) is 3.71. The highest BCUT2D eigenvalue weighted by Gasteiger charge is 2.16. The summed E-state index contributed by atoms with van der Waals surface area (Å²) < 4.78 is 10.4. The van der Waals surface area contributed by atoms with Crippen LogP contribution in [0.3, 0.4) is 0 Å². The number of ether oxygens (including phenoxy) is 2. The fraction of sp³-hybridized carbons (Fsp3) is 0.458. The SMILES string of the molecule is COC(=O)c1ccc(OCC(O)CN(C)Cc2ccccc2N2CCCCC2)cc1. The maximum absolute atomic E-state index is 11.5. The zero-order chi connectivity index (χ0) is 21.3. The molecule has 2 aromatic carbocycles. The van der Waals surface area contributed by atoms with Gasteiger partial charge in [-0.3, -0.25) is 4.90 Å². The Morgan fingerprint density at radius 2 is 1.80 bits per heavy atom. The van der Waals surface area contributed by atoms with Crippen LogP contribution in [0.25, 0.3) is 0 Å². The second kappa shape index (κ2) is 11.0. The van der Waals surface area contributed by atoms with Gasteiger partial charge in [0.25, 0.3) is 0 Å². The molecule has 0 radical (unpaired) electrons. The van der Waals surface area contributed by atoms with Gasteiger partial charge in [0.1, 0.15) is 18.5 Å². The number of carbonyl (C=O) groups is 1. The molecule has 162 valence electrons. The lowest BCUT2D eigenvalue weighted by molar-refractivity contribution is 0.0600. The number of rotatable bonds is 9. The van der Waals surface area contributed by atoms with Crippen LogP contribution in [0.1, 0.15) is 35.2 Å². The molecule has 0 spiro atoms. The van der Waals surface area contributed by atoms with Gasteiger partial charge in [0.15, 0.2) is 0 Å². The third-order valence-corrected chi connectivity index (χ3v) is 5.37. The summed E-state index contributed by atoms with van der Waals surface area (Å²) in [6, 6.07) is 15.3. The number of likely N-dealkylation sites (N-methyl/N-ethyl adjacent to an activating group) is 1. The Bertz CT molecular complexity index is 803. The minimum Gasteiger partial charge on any atom is -0.491 e. The molecule has 0 saturated carbocycles. The molecule has 3 rings (SSSR count). The number of aliphatic hydroxyl groups is 1. The maximum atomic E-state index is 11.5. The van der Waals surface area contributed by atoms with Crippen molar-refractivity contribution < 1.29 is 19.4 Å². The maximum Gasteiger partial charge on any atom is 0.337 e. The first-order valence-electron chi connectivity index (χ1n) is 10.6. The fourth-order valence-corrected chi connectivity index (χ4v) is 3.85. The predicted octanol–water partition coefficient (Wildman–Crippen LogP) is 3.34. The summed E-state index contributed by atoms with van der Waals surface area (Å²) in [4.78, 5) is 16.1. The Kier molecular flexibility index (Phi) is 8.11. The minimum absolute atomic E-state index is 0.190. The molecular weight excluding hydrogens is 380 g/mol. The standard InChI is InChI=1S/C24H32N2O4/c1-25(16-20-8-4-5-9-23(20)26-14-6-3-7-15-26)17-21(27)18-30-22-12-10-19(11-13-22)24(28)29-2/h4-5,8-13,21,27H,3,6-7,14-18H2,1-2H3. The number of methoxy groups -OCH3 is 1. The van der Waals surface area contributed by atoms with Crippen molar-refractivity contribution in [2.24, 2.45) is 0 Å². The van der Waals surface area contributed by atoms with Crippen LogP contribution in [-0.4, -0.2) is 62.5 Å². The molecular formula is C24H32N2O4. The van der Waals surface area contributed by atoms with Gasteiger partial charge in [-0.1, -0.05) is 18.2 Å². The van der Waals surface area contributed by atoms with E-state index in [4.69, 9.17) is 4.74 Å². The molecule has 0 bridgehead atoms. The van der Waals surface area contributed by atoms with Gasteiger partial charge in [0.2, 0.25) is 0 Å². The molecule has 1 aliphatic heterocycles. The average Bonchev–Trinajstić information content (AvgIpc) is 2.78. The van der Waals surface area contributed by atoms with Crippen molar-refractivity contribution in [1.29, 1.82) is 0 Å². The van der Waals surface area contributed by atoms with Crippen LogP contribution in [-0.2, 0) is 11.3 Å². The molecule has 1 unspecified atom stereocenters. The smallest absolute Gasteiger partial charge is 0.337 e. The third-order valence-electron chi connectivity index (χ3n) is 5.37. The molecule has 0 amide bonds. The molecule has 1 heterocycles. The topological polar surface area (TPSA) is 62.2 Å². The molecule has 2 aromatic rings. The highest BCUT2D eigenvalue weighted by atomic mass is 16.5. The van der Waals surface area contributed by atoms with Crippen LogP contribution in [0.2, 0.25) is 0 Å². The summed E-state index contributed by atoms with van der Waals surface area (Å²) in [5.74, 6) is 0.229. The highest BCUT2D eigenvalue weighted by molar-refractivity contribution is 5.89. The van der Waals surface area contributed by atoms with Gasteiger partial charge in [-0.2, -0.15) is 0 Å². The molecule has 30 heavy (non-hydrogen) atoms. The van der Waals surface area contributed by atoms with Crippen LogP contribution in [0.5, 0.6) is 5.75 Å². The fourth-order valence-electron chi connectivity index (χ4n) is 3.85. The van der Waals surface area contributed by atoms with E-state index in [1.165, 1.54) is 37.6 Å². The van der Waals surface area contributed by atoms with E-state index < -0.39 is 6.10 Å². The van der Waals surface area contributed by atoms with E-state index in [-0.39, 0.29) is 12.6 Å². The minimum atomic E-state index is -0.613. The number of para-hydroxylation sites is 1. The Hall–Kier alpha value is -2.57. The van der Waals surface area contributed by atoms with E-state index in [0.29, 0.717) is 17.9 Å². The number of benzene rings is 2. The van der Waals surface area contributed by atoms with Gasteiger partial charge >= 0.3 is 5.97 Å². The molecule has 0 aromatic heterocycles. The molecule has 1 atom stereocenters. The number of esters is 1. The first-order valence-corrected chi connectivity index (χ1v) is 10.6. The largest absolute Gasteiger partial charge is 0.491 e. The normalized spacial score (nSPS) is 15.1.